The second-order valence-electron chi connectivity index (χ2n) is 4.99. The predicted molar refractivity (Wildman–Crippen MR) is 96.6 cm³/mol. The van der Waals surface area contributed by atoms with Gasteiger partial charge in [0.2, 0.25) is 5.91 Å². The van der Waals surface area contributed by atoms with Gasteiger partial charge in [-0.3, -0.25) is 9.59 Å². The van der Waals surface area contributed by atoms with Crippen molar-refractivity contribution in [1.82, 2.24) is 5.43 Å². The molecule has 0 heterocycles. The molecular formula is C19H17N3O3. The van der Waals surface area contributed by atoms with Crippen molar-refractivity contribution in [3.8, 4) is 18.1 Å². The molecule has 126 valence electrons. The first kappa shape index (κ1) is 17.8. The Labute approximate surface area is 145 Å². The maximum absolute atomic E-state index is 12.1. The van der Waals surface area contributed by atoms with E-state index in [1.807, 2.05) is 12.1 Å². The van der Waals surface area contributed by atoms with Crippen molar-refractivity contribution >= 4 is 23.7 Å². The molecule has 0 fully saturated rings. The molecule has 0 saturated carbocycles. The summed E-state index contributed by atoms with van der Waals surface area (Å²) in [6.45, 7) is 1.57. The van der Waals surface area contributed by atoms with Crippen LogP contribution in [-0.4, -0.2) is 24.6 Å². The number of terminal acetylenes is 1. The van der Waals surface area contributed by atoms with Crippen molar-refractivity contribution in [2.75, 3.05) is 11.9 Å². The SMILES string of the molecule is C#CCOc1ccccc1C=NNC(=O)c1ccc(NC(C)=O)cc1. The second kappa shape index (κ2) is 8.89. The monoisotopic (exact) mass is 335 g/mol. The molecule has 2 aromatic carbocycles. The number of hydrogen-bond acceptors (Lipinski definition) is 4. The summed E-state index contributed by atoms with van der Waals surface area (Å²) >= 11 is 0. The third kappa shape index (κ3) is 5.52. The minimum absolute atomic E-state index is 0.151. The molecule has 2 aromatic rings. The van der Waals surface area contributed by atoms with E-state index in [2.05, 4.69) is 21.8 Å². The molecule has 0 bridgehead atoms. The molecule has 0 atom stereocenters. The number of benzene rings is 2. The summed E-state index contributed by atoms with van der Waals surface area (Å²) < 4.78 is 5.40. The minimum Gasteiger partial charge on any atom is -0.480 e. The van der Waals surface area contributed by atoms with Gasteiger partial charge < -0.3 is 10.1 Å². The first-order chi connectivity index (χ1) is 12.1. The first-order valence-corrected chi connectivity index (χ1v) is 7.46. The lowest BCUT2D eigenvalue weighted by molar-refractivity contribution is -0.114. The summed E-state index contributed by atoms with van der Waals surface area (Å²) in [5, 5.41) is 6.56. The van der Waals surface area contributed by atoms with E-state index in [1.165, 1.54) is 13.1 Å². The highest BCUT2D eigenvalue weighted by atomic mass is 16.5. The van der Waals surface area contributed by atoms with Gasteiger partial charge in [0.15, 0.2) is 0 Å². The van der Waals surface area contributed by atoms with Crippen LogP contribution in [-0.2, 0) is 4.79 Å². The Morgan fingerprint density at radius 2 is 1.92 bits per heavy atom. The molecule has 25 heavy (non-hydrogen) atoms. The van der Waals surface area contributed by atoms with E-state index < -0.39 is 0 Å². The van der Waals surface area contributed by atoms with Crippen molar-refractivity contribution in [3.05, 3.63) is 59.7 Å². The summed E-state index contributed by atoms with van der Waals surface area (Å²) in [5.74, 6) is 2.43. The zero-order valence-electron chi connectivity index (χ0n) is 13.7. The third-order valence-corrected chi connectivity index (χ3v) is 3.07. The van der Waals surface area contributed by atoms with Gasteiger partial charge in [0, 0.05) is 23.7 Å². The van der Waals surface area contributed by atoms with E-state index in [-0.39, 0.29) is 18.4 Å². The van der Waals surface area contributed by atoms with E-state index in [9.17, 15) is 9.59 Å². The Hall–Kier alpha value is -3.59. The predicted octanol–water partition coefficient (Wildman–Crippen LogP) is 2.42. The van der Waals surface area contributed by atoms with Crippen molar-refractivity contribution in [2.45, 2.75) is 6.92 Å². The number of rotatable bonds is 6. The number of anilines is 1. The number of carbonyl (C=O) groups excluding carboxylic acids is 2. The highest BCUT2D eigenvalue weighted by molar-refractivity contribution is 5.96. The largest absolute Gasteiger partial charge is 0.480 e. The number of ether oxygens (including phenoxy) is 1. The van der Waals surface area contributed by atoms with Crippen molar-refractivity contribution in [2.24, 2.45) is 5.10 Å². The van der Waals surface area contributed by atoms with Crippen LogP contribution in [0.5, 0.6) is 5.75 Å². The molecule has 2 rings (SSSR count). The van der Waals surface area contributed by atoms with Crippen molar-refractivity contribution in [1.29, 1.82) is 0 Å². The molecule has 0 aliphatic heterocycles. The van der Waals surface area contributed by atoms with Crippen LogP contribution in [0.1, 0.15) is 22.8 Å². The summed E-state index contributed by atoms with van der Waals surface area (Å²) in [6.07, 6.45) is 6.66. The fourth-order valence-electron chi connectivity index (χ4n) is 1.97. The number of hydrogen-bond donors (Lipinski definition) is 2. The van der Waals surface area contributed by atoms with E-state index in [0.717, 1.165) is 0 Å². The molecule has 6 nitrogen and oxygen atoms in total. The Kier molecular flexibility index (Phi) is 6.32. The summed E-state index contributed by atoms with van der Waals surface area (Å²) in [5.41, 5.74) is 4.17. The third-order valence-electron chi connectivity index (χ3n) is 3.07. The van der Waals surface area contributed by atoms with Gasteiger partial charge in [-0.15, -0.1) is 6.42 Å². The second-order valence-corrected chi connectivity index (χ2v) is 4.99. The van der Waals surface area contributed by atoms with Gasteiger partial charge in [-0.25, -0.2) is 5.43 Å². The highest BCUT2D eigenvalue weighted by Gasteiger charge is 2.05. The molecule has 0 unspecified atom stereocenters. The number of hydrazone groups is 1. The molecule has 0 radical (unpaired) electrons. The van der Waals surface area contributed by atoms with Gasteiger partial charge in [0.1, 0.15) is 12.4 Å². The van der Waals surface area contributed by atoms with Crippen LogP contribution < -0.4 is 15.5 Å². The number of carbonyl (C=O) groups is 2. The maximum Gasteiger partial charge on any atom is 0.271 e. The fraction of sp³-hybridized carbons (Fsp3) is 0.105. The van der Waals surface area contributed by atoms with Gasteiger partial charge in [-0.05, 0) is 36.4 Å². The van der Waals surface area contributed by atoms with Crippen LogP contribution in [0.4, 0.5) is 5.69 Å². The van der Waals surface area contributed by atoms with Crippen LogP contribution in [0.2, 0.25) is 0 Å². The zero-order valence-corrected chi connectivity index (χ0v) is 13.7. The highest BCUT2D eigenvalue weighted by Crippen LogP contribution is 2.15. The topological polar surface area (TPSA) is 79.8 Å². The van der Waals surface area contributed by atoms with Gasteiger partial charge in [0.25, 0.3) is 5.91 Å². The Bertz CT molecular complexity index is 821. The van der Waals surface area contributed by atoms with Gasteiger partial charge >= 0.3 is 0 Å². The molecule has 0 aliphatic carbocycles. The van der Waals surface area contributed by atoms with Crippen molar-refractivity contribution < 1.29 is 14.3 Å². The lowest BCUT2D eigenvalue weighted by atomic mass is 10.2. The maximum atomic E-state index is 12.1. The summed E-state index contributed by atoms with van der Waals surface area (Å²) in [4.78, 5) is 23.0. The first-order valence-electron chi connectivity index (χ1n) is 7.46. The van der Waals surface area contributed by atoms with Gasteiger partial charge in [0.05, 0.1) is 6.21 Å². The molecule has 6 heteroatoms. The minimum atomic E-state index is -0.368. The Morgan fingerprint density at radius 1 is 1.20 bits per heavy atom. The van der Waals surface area contributed by atoms with Crippen LogP contribution in [0, 0.1) is 12.3 Å². The van der Waals surface area contributed by atoms with E-state index in [4.69, 9.17) is 11.2 Å². The molecule has 2 amide bonds. The van der Waals surface area contributed by atoms with Gasteiger partial charge in [-0.1, -0.05) is 18.1 Å². The van der Waals surface area contributed by atoms with E-state index in [0.29, 0.717) is 22.6 Å². The lowest BCUT2D eigenvalue weighted by Gasteiger charge is -2.06. The molecule has 2 N–H and O–H groups in total. The van der Waals surface area contributed by atoms with E-state index in [1.54, 1.807) is 36.4 Å². The number of para-hydroxylation sites is 1. The van der Waals surface area contributed by atoms with Crippen LogP contribution >= 0.6 is 0 Å². The zero-order chi connectivity index (χ0) is 18.1. The fourth-order valence-corrected chi connectivity index (χ4v) is 1.97. The quantitative estimate of drug-likeness (QED) is 0.483. The van der Waals surface area contributed by atoms with Crippen molar-refractivity contribution in [3.63, 3.8) is 0 Å². The Morgan fingerprint density at radius 3 is 2.60 bits per heavy atom. The van der Waals surface area contributed by atoms with Gasteiger partial charge in [-0.2, -0.15) is 5.10 Å². The molecular weight excluding hydrogens is 318 g/mol. The Balaban J connectivity index is 1.99. The average Bonchev–Trinajstić information content (AvgIpc) is 2.61. The molecule has 0 saturated heterocycles. The van der Waals surface area contributed by atoms with E-state index >= 15 is 0 Å². The average molecular weight is 335 g/mol. The lowest BCUT2D eigenvalue weighted by Crippen LogP contribution is -2.17. The number of amides is 2. The number of nitrogens with zero attached hydrogens (tertiary/aromatic N) is 1. The smallest absolute Gasteiger partial charge is 0.271 e. The van der Waals surface area contributed by atoms with Crippen LogP contribution in [0.15, 0.2) is 53.6 Å². The summed E-state index contributed by atoms with van der Waals surface area (Å²) in [6, 6.07) is 13.7. The van der Waals surface area contributed by atoms with Crippen LogP contribution in [0.25, 0.3) is 0 Å². The molecule has 0 aliphatic rings. The standard InChI is InChI=1S/C19H17N3O3/c1-3-12-25-18-7-5-4-6-16(18)13-20-22-19(24)15-8-10-17(11-9-15)21-14(2)23/h1,4-11,13H,12H2,2H3,(H,21,23)(H,22,24). The van der Waals surface area contributed by atoms with Crippen LogP contribution in [0.3, 0.4) is 0 Å². The number of nitrogens with one attached hydrogen (secondary N) is 2. The normalized spacial score (nSPS) is 10.1. The molecule has 0 aromatic heterocycles. The summed E-state index contributed by atoms with van der Waals surface area (Å²) in [7, 11) is 0. The molecule has 0 spiro atoms.